The van der Waals surface area contributed by atoms with Crippen molar-refractivity contribution in [3.05, 3.63) is 60.3 Å². The van der Waals surface area contributed by atoms with Gasteiger partial charge in [0.2, 0.25) is 0 Å². The summed E-state index contributed by atoms with van der Waals surface area (Å²) in [6, 6.07) is 19.5. The monoisotopic (exact) mass is 357 g/mol. The van der Waals surface area contributed by atoms with E-state index in [2.05, 4.69) is 73.0 Å². The van der Waals surface area contributed by atoms with E-state index < -0.39 is 0 Å². The van der Waals surface area contributed by atoms with Crippen molar-refractivity contribution in [1.82, 2.24) is 14.5 Å². The zero-order valence-corrected chi connectivity index (χ0v) is 15.8. The minimum atomic E-state index is 0.336. The lowest BCUT2D eigenvalue weighted by Crippen LogP contribution is -2.03. The lowest BCUT2D eigenvalue weighted by Gasteiger charge is -2.13. The van der Waals surface area contributed by atoms with Crippen LogP contribution in [0.3, 0.4) is 0 Å². The fourth-order valence-corrected chi connectivity index (χ4v) is 4.93. The van der Waals surface area contributed by atoms with E-state index in [1.807, 2.05) is 6.92 Å². The summed E-state index contributed by atoms with van der Waals surface area (Å²) in [7, 11) is 0. The maximum atomic E-state index is 4.99. The predicted molar refractivity (Wildman–Crippen MR) is 111 cm³/mol. The molecule has 128 valence electrons. The Morgan fingerprint density at radius 2 is 1.73 bits per heavy atom. The molecule has 0 radical (unpaired) electrons. The normalized spacial score (nSPS) is 12.0. The van der Waals surface area contributed by atoms with E-state index >= 15 is 0 Å². The van der Waals surface area contributed by atoms with E-state index in [1.165, 1.54) is 26.6 Å². The first-order valence-corrected chi connectivity index (χ1v) is 9.71. The molecule has 0 bridgehead atoms. The number of aromatic nitrogens is 3. The van der Waals surface area contributed by atoms with Crippen molar-refractivity contribution in [2.45, 2.75) is 26.8 Å². The van der Waals surface area contributed by atoms with Crippen molar-refractivity contribution in [2.24, 2.45) is 0 Å². The number of pyridine rings is 1. The fraction of sp³-hybridized carbons (Fsp3) is 0.182. The number of aryl methyl sites for hydroxylation is 1. The highest BCUT2D eigenvalue weighted by molar-refractivity contribution is 7.26. The molecule has 3 heterocycles. The highest BCUT2D eigenvalue weighted by Gasteiger charge is 2.18. The van der Waals surface area contributed by atoms with E-state index in [0.717, 1.165) is 21.9 Å². The van der Waals surface area contributed by atoms with Gasteiger partial charge in [0.15, 0.2) is 0 Å². The minimum absolute atomic E-state index is 0.336. The lowest BCUT2D eigenvalue weighted by molar-refractivity contribution is 0.625. The van der Waals surface area contributed by atoms with Gasteiger partial charge in [0.25, 0.3) is 0 Å². The summed E-state index contributed by atoms with van der Waals surface area (Å²) < 4.78 is 3.60. The van der Waals surface area contributed by atoms with Crippen LogP contribution in [0.2, 0.25) is 0 Å². The standard InChI is InChI=1S/C22H19N3S/c1-13(2)25-19-10-5-4-9-18(19)24-21(25)17-8-6-7-15-16-12-11-14(3)23-22(16)26-20(15)17/h4-13H,1-3H3. The number of hydrogen-bond donors (Lipinski definition) is 0. The summed E-state index contributed by atoms with van der Waals surface area (Å²) in [5.41, 5.74) is 4.47. The van der Waals surface area contributed by atoms with Gasteiger partial charge in [-0.1, -0.05) is 24.3 Å². The number of nitrogens with zero attached hydrogens (tertiary/aromatic N) is 3. The smallest absolute Gasteiger partial charge is 0.142 e. The van der Waals surface area contributed by atoms with Crippen LogP contribution in [0.1, 0.15) is 25.6 Å². The molecule has 0 fully saturated rings. The second-order valence-electron chi connectivity index (χ2n) is 6.98. The van der Waals surface area contributed by atoms with Gasteiger partial charge in [0.1, 0.15) is 10.7 Å². The molecule has 4 heteroatoms. The van der Waals surface area contributed by atoms with Crippen molar-refractivity contribution in [3.8, 4) is 11.4 Å². The number of thiophene rings is 1. The Morgan fingerprint density at radius 1 is 0.885 bits per heavy atom. The third-order valence-corrected chi connectivity index (χ3v) is 6.01. The Kier molecular flexibility index (Phi) is 3.37. The molecule has 26 heavy (non-hydrogen) atoms. The van der Waals surface area contributed by atoms with Gasteiger partial charge in [0, 0.05) is 32.8 Å². The highest BCUT2D eigenvalue weighted by atomic mass is 32.1. The van der Waals surface area contributed by atoms with Crippen molar-refractivity contribution < 1.29 is 0 Å². The van der Waals surface area contributed by atoms with E-state index in [1.54, 1.807) is 11.3 Å². The molecule has 0 N–H and O–H groups in total. The molecular formula is C22H19N3S. The Morgan fingerprint density at radius 3 is 2.58 bits per heavy atom. The molecule has 5 aromatic rings. The minimum Gasteiger partial charge on any atom is -0.321 e. The predicted octanol–water partition coefficient (Wildman–Crippen LogP) is 6.36. The van der Waals surface area contributed by atoms with Crippen LogP contribution in [0.4, 0.5) is 0 Å². The molecule has 0 saturated heterocycles. The summed E-state index contributed by atoms with van der Waals surface area (Å²) in [6.45, 7) is 6.48. The molecule has 2 aromatic carbocycles. The van der Waals surface area contributed by atoms with Crippen LogP contribution in [0.5, 0.6) is 0 Å². The summed E-state index contributed by atoms with van der Waals surface area (Å²) in [5, 5.41) is 2.49. The van der Waals surface area contributed by atoms with Crippen molar-refractivity contribution in [3.63, 3.8) is 0 Å². The third kappa shape index (κ3) is 2.19. The average Bonchev–Trinajstić information content (AvgIpc) is 3.19. The summed E-state index contributed by atoms with van der Waals surface area (Å²) in [4.78, 5) is 10.8. The fourth-order valence-electron chi connectivity index (χ4n) is 3.70. The van der Waals surface area contributed by atoms with Crippen molar-refractivity contribution in [1.29, 1.82) is 0 Å². The number of imidazole rings is 1. The second-order valence-corrected chi connectivity index (χ2v) is 7.98. The number of hydrogen-bond acceptors (Lipinski definition) is 3. The van der Waals surface area contributed by atoms with Crippen LogP contribution in [-0.4, -0.2) is 14.5 Å². The van der Waals surface area contributed by atoms with Crippen LogP contribution < -0.4 is 0 Å². The van der Waals surface area contributed by atoms with Crippen molar-refractivity contribution >= 4 is 42.7 Å². The second kappa shape index (κ2) is 5.64. The molecular weight excluding hydrogens is 338 g/mol. The maximum absolute atomic E-state index is 4.99. The van der Waals surface area contributed by atoms with Gasteiger partial charge >= 0.3 is 0 Å². The van der Waals surface area contributed by atoms with Gasteiger partial charge < -0.3 is 4.57 Å². The van der Waals surface area contributed by atoms with Crippen LogP contribution in [-0.2, 0) is 0 Å². The molecule has 0 aliphatic heterocycles. The zero-order valence-electron chi connectivity index (χ0n) is 15.0. The van der Waals surface area contributed by atoms with Crippen LogP contribution in [0, 0.1) is 6.92 Å². The zero-order chi connectivity index (χ0) is 17.8. The topological polar surface area (TPSA) is 30.7 Å². The largest absolute Gasteiger partial charge is 0.321 e. The van der Waals surface area contributed by atoms with Gasteiger partial charge in [-0.15, -0.1) is 11.3 Å². The van der Waals surface area contributed by atoms with Crippen LogP contribution in [0.15, 0.2) is 54.6 Å². The van der Waals surface area contributed by atoms with Gasteiger partial charge in [-0.05, 0) is 51.1 Å². The molecule has 0 spiro atoms. The number of rotatable bonds is 2. The lowest BCUT2D eigenvalue weighted by atomic mass is 10.1. The third-order valence-electron chi connectivity index (χ3n) is 4.86. The molecule has 0 aliphatic rings. The summed E-state index contributed by atoms with van der Waals surface area (Å²) >= 11 is 1.76. The van der Waals surface area contributed by atoms with E-state index in [4.69, 9.17) is 9.97 Å². The first kappa shape index (κ1) is 15.5. The molecule has 0 atom stereocenters. The molecule has 0 unspecified atom stereocenters. The van der Waals surface area contributed by atoms with Crippen LogP contribution >= 0.6 is 11.3 Å². The van der Waals surface area contributed by atoms with E-state index in [0.29, 0.717) is 6.04 Å². The van der Waals surface area contributed by atoms with Gasteiger partial charge in [0.05, 0.1) is 11.0 Å². The number of para-hydroxylation sites is 2. The molecule has 0 amide bonds. The Labute approximate surface area is 155 Å². The first-order valence-electron chi connectivity index (χ1n) is 8.89. The van der Waals surface area contributed by atoms with Crippen LogP contribution in [0.25, 0.3) is 42.7 Å². The molecule has 3 nitrogen and oxygen atoms in total. The van der Waals surface area contributed by atoms with E-state index in [-0.39, 0.29) is 0 Å². The maximum Gasteiger partial charge on any atom is 0.142 e. The summed E-state index contributed by atoms with van der Waals surface area (Å²) in [6.07, 6.45) is 0. The van der Waals surface area contributed by atoms with Crippen molar-refractivity contribution in [2.75, 3.05) is 0 Å². The first-order chi connectivity index (χ1) is 12.6. The quantitative estimate of drug-likeness (QED) is 0.368. The number of fused-ring (bicyclic) bond motifs is 4. The summed E-state index contributed by atoms with van der Waals surface area (Å²) in [5.74, 6) is 1.04. The Hall–Kier alpha value is -2.72. The molecule has 0 aliphatic carbocycles. The van der Waals surface area contributed by atoms with Gasteiger partial charge in [-0.25, -0.2) is 9.97 Å². The Bertz CT molecular complexity index is 1280. The average molecular weight is 357 g/mol. The highest BCUT2D eigenvalue weighted by Crippen LogP contribution is 2.40. The van der Waals surface area contributed by atoms with E-state index in [9.17, 15) is 0 Å². The SMILES string of the molecule is Cc1ccc2c(n1)sc1c(-c3nc4ccccc4n3C(C)C)cccc12. The van der Waals surface area contributed by atoms with Gasteiger partial charge in [-0.3, -0.25) is 0 Å². The Balaban J connectivity index is 1.89. The molecule has 5 rings (SSSR count). The van der Waals surface area contributed by atoms with Gasteiger partial charge in [-0.2, -0.15) is 0 Å². The molecule has 0 saturated carbocycles. The molecule has 3 aromatic heterocycles. The number of benzene rings is 2.